The van der Waals surface area contributed by atoms with Gasteiger partial charge in [0.1, 0.15) is 23.0 Å². The Labute approximate surface area is 122 Å². The summed E-state index contributed by atoms with van der Waals surface area (Å²) in [5, 5.41) is 5.52. The van der Waals surface area contributed by atoms with Crippen molar-refractivity contribution < 1.29 is 9.53 Å². The molecule has 1 aromatic heterocycles. The first-order valence-corrected chi connectivity index (χ1v) is 6.58. The predicted molar refractivity (Wildman–Crippen MR) is 79.7 cm³/mol. The number of carbonyl (C=O) groups excluding carboxylic acids is 1. The van der Waals surface area contributed by atoms with Crippen molar-refractivity contribution in [2.45, 2.75) is 19.8 Å². The molecule has 0 spiro atoms. The molecule has 1 N–H and O–H groups in total. The van der Waals surface area contributed by atoms with E-state index in [0.29, 0.717) is 29.4 Å². The predicted octanol–water partition coefficient (Wildman–Crippen LogP) is 4.01. The van der Waals surface area contributed by atoms with Gasteiger partial charge in [0.15, 0.2) is 0 Å². The van der Waals surface area contributed by atoms with E-state index >= 15 is 0 Å². The van der Waals surface area contributed by atoms with Gasteiger partial charge in [0.25, 0.3) is 0 Å². The number of hydrogen-bond donors (Lipinski definition) is 1. The molecule has 2 aromatic rings. The zero-order chi connectivity index (χ0) is 15.1. The minimum absolute atomic E-state index is 0.0800. The fraction of sp³-hybridized carbons (Fsp3) is 0.200. The molecular weight excluding hydrogens is 270 g/mol. The Kier molecular flexibility index (Phi) is 4.98. The van der Waals surface area contributed by atoms with E-state index in [1.807, 2.05) is 6.92 Å². The average molecular weight is 285 g/mol. The van der Waals surface area contributed by atoms with Gasteiger partial charge in [-0.1, -0.05) is 6.92 Å². The number of nitrogens with one attached hydrogen (secondary N) is 1. The van der Waals surface area contributed by atoms with Gasteiger partial charge in [0.05, 0.1) is 0 Å². The maximum Gasteiger partial charge on any atom is 0.225 e. The first-order valence-electron chi connectivity index (χ1n) is 6.58. The van der Waals surface area contributed by atoms with Gasteiger partial charge >= 0.3 is 0 Å². The van der Waals surface area contributed by atoms with E-state index in [9.17, 15) is 9.70 Å². The molecule has 0 radical (unpaired) electrons. The highest BCUT2D eigenvalue weighted by atomic mass is 16.5. The SMILES string of the molecule is CCCC(=O)Nc1cc(Oc2ccc(N=O)cc2)ccn1. The molecule has 1 aromatic carbocycles. The summed E-state index contributed by atoms with van der Waals surface area (Å²) < 4.78 is 5.63. The molecule has 108 valence electrons. The van der Waals surface area contributed by atoms with Crippen LogP contribution in [0.25, 0.3) is 0 Å². The van der Waals surface area contributed by atoms with Crippen LogP contribution in [0, 0.1) is 4.91 Å². The molecule has 0 bridgehead atoms. The van der Waals surface area contributed by atoms with E-state index in [4.69, 9.17) is 4.74 Å². The molecule has 0 unspecified atom stereocenters. The Bertz CT molecular complexity index is 626. The van der Waals surface area contributed by atoms with Gasteiger partial charge in [0, 0.05) is 18.7 Å². The monoisotopic (exact) mass is 285 g/mol. The van der Waals surface area contributed by atoms with E-state index in [2.05, 4.69) is 15.5 Å². The number of carbonyl (C=O) groups is 1. The molecule has 0 aliphatic carbocycles. The number of aromatic nitrogens is 1. The van der Waals surface area contributed by atoms with Crippen LogP contribution in [-0.4, -0.2) is 10.9 Å². The molecular formula is C15H15N3O3. The van der Waals surface area contributed by atoms with E-state index in [0.717, 1.165) is 6.42 Å². The number of benzene rings is 1. The lowest BCUT2D eigenvalue weighted by Gasteiger charge is -2.08. The minimum Gasteiger partial charge on any atom is -0.457 e. The summed E-state index contributed by atoms with van der Waals surface area (Å²) in [6.45, 7) is 1.93. The molecule has 6 heteroatoms. The van der Waals surface area contributed by atoms with Crippen molar-refractivity contribution in [3.8, 4) is 11.5 Å². The summed E-state index contributed by atoms with van der Waals surface area (Å²) in [6.07, 6.45) is 2.78. The first kappa shape index (κ1) is 14.6. The summed E-state index contributed by atoms with van der Waals surface area (Å²) in [5.74, 6) is 1.48. The molecule has 0 aliphatic rings. The lowest BCUT2D eigenvalue weighted by molar-refractivity contribution is -0.116. The Hall–Kier alpha value is -2.76. The normalized spacial score (nSPS) is 9.95. The van der Waals surface area contributed by atoms with Crippen LogP contribution in [0.15, 0.2) is 47.8 Å². The van der Waals surface area contributed by atoms with Crippen molar-refractivity contribution in [3.63, 3.8) is 0 Å². The van der Waals surface area contributed by atoms with Gasteiger partial charge in [-0.3, -0.25) is 4.79 Å². The second kappa shape index (κ2) is 7.14. The molecule has 0 aliphatic heterocycles. The Morgan fingerprint density at radius 3 is 2.67 bits per heavy atom. The summed E-state index contributed by atoms with van der Waals surface area (Å²) in [5.41, 5.74) is 0.338. The number of pyridine rings is 1. The topological polar surface area (TPSA) is 80.6 Å². The number of nitroso groups, excluding NO2 is 1. The van der Waals surface area contributed by atoms with Gasteiger partial charge in [-0.25, -0.2) is 4.98 Å². The Balaban J connectivity index is 2.06. The van der Waals surface area contributed by atoms with E-state index < -0.39 is 0 Å². The van der Waals surface area contributed by atoms with Crippen molar-refractivity contribution in [3.05, 3.63) is 47.5 Å². The summed E-state index contributed by atoms with van der Waals surface area (Å²) >= 11 is 0. The average Bonchev–Trinajstić information content (AvgIpc) is 2.48. The fourth-order valence-corrected chi connectivity index (χ4v) is 1.69. The highest BCUT2D eigenvalue weighted by molar-refractivity contribution is 5.89. The van der Waals surface area contributed by atoms with Gasteiger partial charge in [-0.2, -0.15) is 0 Å². The Morgan fingerprint density at radius 1 is 1.24 bits per heavy atom. The zero-order valence-electron chi connectivity index (χ0n) is 11.6. The van der Waals surface area contributed by atoms with Gasteiger partial charge in [0.2, 0.25) is 5.91 Å². The molecule has 1 amide bonds. The third-order valence-corrected chi connectivity index (χ3v) is 2.65. The quantitative estimate of drug-likeness (QED) is 0.813. The number of nitrogens with zero attached hydrogens (tertiary/aromatic N) is 2. The van der Waals surface area contributed by atoms with Crippen LogP contribution in [0.2, 0.25) is 0 Å². The second-order valence-corrected chi connectivity index (χ2v) is 4.36. The van der Waals surface area contributed by atoms with E-state index in [1.54, 1.807) is 42.6 Å². The third-order valence-electron chi connectivity index (χ3n) is 2.65. The second-order valence-electron chi connectivity index (χ2n) is 4.36. The van der Waals surface area contributed by atoms with Crippen molar-refractivity contribution in [1.29, 1.82) is 0 Å². The van der Waals surface area contributed by atoms with Crippen LogP contribution >= 0.6 is 0 Å². The molecule has 6 nitrogen and oxygen atoms in total. The van der Waals surface area contributed by atoms with Crippen LogP contribution in [-0.2, 0) is 4.79 Å². The minimum atomic E-state index is -0.0800. The largest absolute Gasteiger partial charge is 0.457 e. The molecule has 0 atom stereocenters. The first-order chi connectivity index (χ1) is 10.2. The van der Waals surface area contributed by atoms with Gasteiger partial charge in [-0.05, 0) is 41.9 Å². The summed E-state index contributed by atoms with van der Waals surface area (Å²) in [7, 11) is 0. The number of hydrogen-bond acceptors (Lipinski definition) is 5. The van der Waals surface area contributed by atoms with E-state index in [-0.39, 0.29) is 5.91 Å². The fourth-order valence-electron chi connectivity index (χ4n) is 1.69. The maximum atomic E-state index is 11.5. The van der Waals surface area contributed by atoms with Crippen LogP contribution in [0.5, 0.6) is 11.5 Å². The van der Waals surface area contributed by atoms with Crippen molar-refractivity contribution >= 4 is 17.4 Å². The van der Waals surface area contributed by atoms with Gasteiger partial charge < -0.3 is 10.1 Å². The molecule has 0 fully saturated rings. The van der Waals surface area contributed by atoms with Crippen LogP contribution < -0.4 is 10.1 Å². The molecule has 2 rings (SSSR count). The number of rotatable bonds is 6. The number of anilines is 1. The number of amides is 1. The van der Waals surface area contributed by atoms with Crippen molar-refractivity contribution in [2.24, 2.45) is 5.18 Å². The standard InChI is InChI=1S/C15H15N3O3/c1-2-3-15(19)17-14-10-13(8-9-16-14)21-12-6-4-11(18-20)5-7-12/h4-10H,2-3H2,1H3,(H,16,17,19). The zero-order valence-corrected chi connectivity index (χ0v) is 11.6. The van der Waals surface area contributed by atoms with Crippen LogP contribution in [0.3, 0.4) is 0 Å². The maximum absolute atomic E-state index is 11.5. The van der Waals surface area contributed by atoms with Gasteiger partial charge in [-0.15, -0.1) is 4.91 Å². The van der Waals surface area contributed by atoms with Crippen molar-refractivity contribution in [1.82, 2.24) is 4.98 Å². The van der Waals surface area contributed by atoms with E-state index in [1.165, 1.54) is 0 Å². The summed E-state index contributed by atoms with van der Waals surface area (Å²) in [6, 6.07) is 9.74. The molecule has 21 heavy (non-hydrogen) atoms. The van der Waals surface area contributed by atoms with Crippen molar-refractivity contribution in [2.75, 3.05) is 5.32 Å². The highest BCUT2D eigenvalue weighted by Crippen LogP contribution is 2.25. The third kappa shape index (κ3) is 4.38. The molecule has 0 saturated carbocycles. The Morgan fingerprint density at radius 2 is 2.00 bits per heavy atom. The summed E-state index contributed by atoms with van der Waals surface area (Å²) in [4.78, 5) is 25.9. The molecule has 1 heterocycles. The lowest BCUT2D eigenvalue weighted by Crippen LogP contribution is -2.11. The van der Waals surface area contributed by atoms with Crippen LogP contribution in [0.1, 0.15) is 19.8 Å². The van der Waals surface area contributed by atoms with Crippen LogP contribution in [0.4, 0.5) is 11.5 Å². The number of ether oxygens (including phenoxy) is 1. The smallest absolute Gasteiger partial charge is 0.225 e. The molecule has 0 saturated heterocycles. The lowest BCUT2D eigenvalue weighted by atomic mass is 10.3. The highest BCUT2D eigenvalue weighted by Gasteiger charge is 2.04.